The van der Waals surface area contributed by atoms with Crippen molar-refractivity contribution in [1.82, 2.24) is 30.9 Å². The number of amides is 1. The molecule has 1 amide bonds. The van der Waals surface area contributed by atoms with E-state index in [0.717, 1.165) is 0 Å². The lowest BCUT2D eigenvalue weighted by molar-refractivity contribution is -0.145. The summed E-state index contributed by atoms with van der Waals surface area (Å²) in [4.78, 5) is 35.9. The fourth-order valence-electron chi connectivity index (χ4n) is 7.15. The van der Waals surface area contributed by atoms with Crippen LogP contribution in [0.1, 0.15) is 58.1 Å². The number of aliphatic hydroxyl groups excluding tert-OH is 3. The van der Waals surface area contributed by atoms with Gasteiger partial charge in [-0.15, -0.1) is 0 Å². The van der Waals surface area contributed by atoms with Gasteiger partial charge in [-0.3, -0.25) is 15.0 Å². The van der Waals surface area contributed by atoms with Crippen LogP contribution in [0.25, 0.3) is 11.0 Å². The van der Waals surface area contributed by atoms with Crippen molar-refractivity contribution in [3.05, 3.63) is 18.1 Å². The van der Waals surface area contributed by atoms with E-state index >= 15 is 0 Å². The number of aromatic amines is 1. The number of hydrogen-bond acceptors (Lipinski definition) is 10. The minimum Gasteiger partial charge on any atom is -0.481 e. The highest BCUT2D eigenvalue weighted by Gasteiger charge is 2.61. The highest BCUT2D eigenvalue weighted by Crippen LogP contribution is 2.48. The van der Waals surface area contributed by atoms with Gasteiger partial charge in [0.15, 0.2) is 11.8 Å². The molecule has 3 heterocycles. The Labute approximate surface area is 237 Å². The molecule has 13 N–H and O–H groups in total. The first-order chi connectivity index (χ1) is 19.3. The number of aliphatic carboxylic acids is 1. The zero-order valence-corrected chi connectivity index (χ0v) is 23.3. The van der Waals surface area contributed by atoms with Gasteiger partial charge < -0.3 is 52.8 Å². The van der Waals surface area contributed by atoms with Crippen molar-refractivity contribution in [3.63, 3.8) is 0 Å². The van der Waals surface area contributed by atoms with Crippen LogP contribution in [0.3, 0.4) is 0 Å². The molecule has 0 bridgehead atoms. The molecule has 4 rings (SSSR count). The first kappa shape index (κ1) is 30.4. The van der Waals surface area contributed by atoms with E-state index in [0.29, 0.717) is 29.4 Å². The average molecular weight is 576 g/mol. The molecule has 226 valence electrons. The van der Waals surface area contributed by atoms with Crippen LogP contribution < -0.4 is 27.4 Å². The van der Waals surface area contributed by atoms with Gasteiger partial charge in [0.2, 0.25) is 5.91 Å². The maximum atomic E-state index is 12.3. The van der Waals surface area contributed by atoms with Gasteiger partial charge in [0.05, 0.1) is 29.7 Å². The number of carbonyl (C=O) groups excluding carboxylic acids is 1. The van der Waals surface area contributed by atoms with Gasteiger partial charge in [0.25, 0.3) is 0 Å². The van der Waals surface area contributed by atoms with Gasteiger partial charge in [-0.25, -0.2) is 9.97 Å². The fourth-order valence-corrected chi connectivity index (χ4v) is 7.15. The second kappa shape index (κ2) is 11.8. The molecular formula is C26H41N9O6. The van der Waals surface area contributed by atoms with E-state index in [1.54, 1.807) is 6.20 Å². The average Bonchev–Trinajstić information content (AvgIpc) is 3.53. The number of nitrogens with two attached hydrogens (primary N) is 2. The predicted molar refractivity (Wildman–Crippen MR) is 149 cm³/mol. The van der Waals surface area contributed by atoms with Gasteiger partial charge in [0.1, 0.15) is 17.9 Å². The Bertz CT molecular complexity index is 1290. The lowest BCUT2D eigenvalue weighted by atomic mass is 9.71. The highest BCUT2D eigenvalue weighted by atomic mass is 16.4. The monoisotopic (exact) mass is 575 g/mol. The Morgan fingerprint density at radius 3 is 2.46 bits per heavy atom. The van der Waals surface area contributed by atoms with Crippen LogP contribution in [0, 0.1) is 23.2 Å². The Hall–Kier alpha value is -3.53. The number of nitrogens with one attached hydrogen (secondary N) is 5. The molecule has 9 atom stereocenters. The molecule has 1 saturated heterocycles. The minimum absolute atomic E-state index is 0.0253. The number of aromatic nitrogens is 3. The molecule has 1 saturated carbocycles. The van der Waals surface area contributed by atoms with Gasteiger partial charge in [-0.1, -0.05) is 26.7 Å². The van der Waals surface area contributed by atoms with Crippen LogP contribution in [0.15, 0.2) is 12.5 Å². The molecule has 1 aliphatic carbocycles. The third-order valence-electron chi connectivity index (χ3n) is 8.96. The maximum absolute atomic E-state index is 12.3. The Morgan fingerprint density at radius 1 is 1.20 bits per heavy atom. The number of carboxylic acids is 1. The standard InChI is InChI=1S/C26H41N9O6/c1-4-11(5-2)16(33-10(3)36)15-20(37)12(24(40)41)6-26(15,35-25(28)29)7-14-21(38)22(39)18(34-14)13-8-30-19-17(13)31-9-32-23(19)27/h8-9,11-12,14-16,18,20-22,30,34,37-39H,4-7H2,1-3H3,(H,33,36)(H,40,41)(H2,27,31,32)(H4,28,29,35)/t12-,14-,15?,16-,18-,20?,21+,22+,26?/m0/s1. The van der Waals surface area contributed by atoms with Crippen LogP contribution in [-0.2, 0) is 9.59 Å². The number of anilines is 1. The van der Waals surface area contributed by atoms with Crippen molar-refractivity contribution >= 4 is 34.7 Å². The third kappa shape index (κ3) is 5.54. The lowest BCUT2D eigenvalue weighted by Crippen LogP contribution is -2.64. The summed E-state index contributed by atoms with van der Waals surface area (Å²) in [6.07, 6.45) is 0.0343. The third-order valence-corrected chi connectivity index (χ3v) is 8.96. The molecule has 2 fully saturated rings. The highest BCUT2D eigenvalue weighted by molar-refractivity contribution is 5.87. The van der Waals surface area contributed by atoms with Gasteiger partial charge in [-0.2, -0.15) is 0 Å². The fraction of sp³-hybridized carbons (Fsp3) is 0.654. The molecule has 2 aromatic heterocycles. The number of aliphatic hydroxyl groups is 3. The molecule has 2 aromatic rings. The molecule has 15 nitrogen and oxygen atoms in total. The molecule has 0 aromatic carbocycles. The van der Waals surface area contributed by atoms with Crippen molar-refractivity contribution in [3.8, 4) is 0 Å². The first-order valence-electron chi connectivity index (χ1n) is 13.8. The summed E-state index contributed by atoms with van der Waals surface area (Å²) in [6, 6.07) is -2.27. The van der Waals surface area contributed by atoms with Gasteiger partial charge in [0, 0.05) is 42.2 Å². The topological polar surface area (TPSA) is 269 Å². The number of carbonyl (C=O) groups is 2. The summed E-state index contributed by atoms with van der Waals surface area (Å²) < 4.78 is 0. The van der Waals surface area contributed by atoms with E-state index in [2.05, 4.69) is 30.9 Å². The second-order valence-corrected chi connectivity index (χ2v) is 11.3. The Morgan fingerprint density at radius 2 is 1.88 bits per heavy atom. The van der Waals surface area contributed by atoms with E-state index in [1.807, 2.05) is 13.8 Å². The summed E-state index contributed by atoms with van der Waals surface area (Å²) in [5.74, 6) is -4.06. The Kier molecular flexibility index (Phi) is 8.73. The second-order valence-electron chi connectivity index (χ2n) is 11.3. The summed E-state index contributed by atoms with van der Waals surface area (Å²) in [5, 5.41) is 61.1. The molecule has 3 unspecified atom stereocenters. The first-order valence-corrected chi connectivity index (χ1v) is 13.8. The number of carboxylic acid groups (broad SMARTS) is 1. The predicted octanol–water partition coefficient (Wildman–Crippen LogP) is -1.09. The van der Waals surface area contributed by atoms with E-state index in [1.165, 1.54) is 13.3 Å². The molecule has 0 radical (unpaired) electrons. The molecule has 1 aliphatic heterocycles. The van der Waals surface area contributed by atoms with Gasteiger partial charge >= 0.3 is 5.97 Å². The number of nitrogen functional groups attached to an aromatic ring is 1. The number of rotatable bonds is 10. The SMILES string of the molecule is CCC(CC)[C@H](NC(C)=O)C1C(O)[C@@H](C(=O)O)CC1(C[C@@H]1N[C@@H](c2c[nH]c3c(N)ncnc23)[C@@H](O)[C@@H]1O)NC(=N)N. The van der Waals surface area contributed by atoms with Crippen LogP contribution in [0.5, 0.6) is 0 Å². The van der Waals surface area contributed by atoms with E-state index in [9.17, 15) is 30.0 Å². The van der Waals surface area contributed by atoms with E-state index < -0.39 is 65.7 Å². The van der Waals surface area contributed by atoms with Gasteiger partial charge in [-0.05, 0) is 18.8 Å². The van der Waals surface area contributed by atoms with Crippen LogP contribution in [0.2, 0.25) is 0 Å². The Balaban J connectivity index is 1.76. The normalized spacial score (nSPS) is 32.3. The van der Waals surface area contributed by atoms with Crippen molar-refractivity contribution in [2.75, 3.05) is 5.73 Å². The van der Waals surface area contributed by atoms with E-state index in [-0.39, 0.29) is 30.5 Å². The largest absolute Gasteiger partial charge is 0.481 e. The van der Waals surface area contributed by atoms with Crippen LogP contribution in [-0.4, -0.2) is 89.1 Å². The zero-order chi connectivity index (χ0) is 30.2. The molecular weight excluding hydrogens is 534 g/mol. The molecule has 0 spiro atoms. The molecule has 2 aliphatic rings. The molecule has 41 heavy (non-hydrogen) atoms. The van der Waals surface area contributed by atoms with E-state index in [4.69, 9.17) is 16.9 Å². The minimum atomic E-state index is -1.40. The van der Waals surface area contributed by atoms with Crippen molar-refractivity contribution in [1.29, 1.82) is 5.41 Å². The summed E-state index contributed by atoms with van der Waals surface area (Å²) in [5.41, 5.74) is 12.0. The molecule has 15 heteroatoms. The number of guanidine groups is 1. The van der Waals surface area contributed by atoms with Crippen molar-refractivity contribution < 1.29 is 30.0 Å². The quantitative estimate of drug-likeness (QED) is 0.119. The van der Waals surface area contributed by atoms with Crippen LogP contribution >= 0.6 is 0 Å². The summed E-state index contributed by atoms with van der Waals surface area (Å²) in [6.45, 7) is 5.24. The summed E-state index contributed by atoms with van der Waals surface area (Å²) in [7, 11) is 0. The van der Waals surface area contributed by atoms with Crippen LogP contribution in [0.4, 0.5) is 5.82 Å². The number of fused-ring (bicyclic) bond motifs is 1. The maximum Gasteiger partial charge on any atom is 0.309 e. The van der Waals surface area contributed by atoms with Crippen molar-refractivity contribution in [2.45, 2.75) is 88.4 Å². The number of H-pyrrole nitrogens is 1. The zero-order valence-electron chi connectivity index (χ0n) is 23.3. The van der Waals surface area contributed by atoms with Crippen molar-refractivity contribution in [2.24, 2.45) is 23.5 Å². The lowest BCUT2D eigenvalue weighted by Gasteiger charge is -2.45. The number of hydrogen-bond donors (Lipinski definition) is 11. The smallest absolute Gasteiger partial charge is 0.309 e. The number of nitrogens with zero attached hydrogens (tertiary/aromatic N) is 2. The summed E-state index contributed by atoms with van der Waals surface area (Å²) >= 11 is 0.